The third-order valence-corrected chi connectivity index (χ3v) is 4.02. The molecule has 110 valence electrons. The first-order chi connectivity index (χ1) is 10.1. The summed E-state index contributed by atoms with van der Waals surface area (Å²) in [6.45, 7) is 2.45. The highest BCUT2D eigenvalue weighted by atomic mass is 16.1. The molecule has 1 amide bonds. The van der Waals surface area contributed by atoms with E-state index in [0.29, 0.717) is 18.0 Å². The number of nitrogens with two attached hydrogens (primary N) is 1. The van der Waals surface area contributed by atoms with E-state index >= 15 is 0 Å². The predicted octanol–water partition coefficient (Wildman–Crippen LogP) is 0.519. The highest BCUT2D eigenvalue weighted by Crippen LogP contribution is 2.39. The molecular formula is C14H18N6O. The highest BCUT2D eigenvalue weighted by Gasteiger charge is 2.41. The monoisotopic (exact) mass is 286 g/mol. The molecule has 1 fully saturated rings. The van der Waals surface area contributed by atoms with Crippen molar-refractivity contribution in [2.45, 2.75) is 25.3 Å². The number of nitrogens with zero attached hydrogens (tertiary/aromatic N) is 4. The van der Waals surface area contributed by atoms with Gasteiger partial charge in [0.15, 0.2) is 0 Å². The van der Waals surface area contributed by atoms with Crippen molar-refractivity contribution < 1.29 is 4.79 Å². The number of carbonyl (C=O) groups is 1. The predicted molar refractivity (Wildman–Crippen MR) is 76.8 cm³/mol. The van der Waals surface area contributed by atoms with Gasteiger partial charge >= 0.3 is 0 Å². The molecule has 21 heavy (non-hydrogen) atoms. The van der Waals surface area contributed by atoms with E-state index in [2.05, 4.69) is 20.8 Å². The zero-order valence-corrected chi connectivity index (χ0v) is 11.9. The van der Waals surface area contributed by atoms with Crippen LogP contribution in [-0.4, -0.2) is 38.2 Å². The number of hydrogen-bond acceptors (Lipinski definition) is 5. The number of nitrogens with one attached hydrogen (secondary N) is 1. The Morgan fingerprint density at radius 3 is 2.95 bits per heavy atom. The Balaban J connectivity index is 1.80. The topological polar surface area (TPSA) is 98.7 Å². The van der Waals surface area contributed by atoms with Gasteiger partial charge in [0.2, 0.25) is 0 Å². The Morgan fingerprint density at radius 1 is 1.52 bits per heavy atom. The minimum absolute atomic E-state index is 0.121. The molecule has 3 rings (SSSR count). The van der Waals surface area contributed by atoms with Gasteiger partial charge in [-0.2, -0.15) is 0 Å². The summed E-state index contributed by atoms with van der Waals surface area (Å²) in [4.78, 5) is 12.4. The first-order valence-electron chi connectivity index (χ1n) is 6.98. The van der Waals surface area contributed by atoms with Crippen LogP contribution in [0, 0.1) is 5.92 Å². The molecule has 1 heterocycles. The van der Waals surface area contributed by atoms with Crippen molar-refractivity contribution in [3.63, 3.8) is 0 Å². The van der Waals surface area contributed by atoms with Crippen molar-refractivity contribution in [3.05, 3.63) is 36.2 Å². The van der Waals surface area contributed by atoms with E-state index in [-0.39, 0.29) is 11.4 Å². The molecule has 2 aromatic rings. The Morgan fingerprint density at radius 2 is 2.33 bits per heavy atom. The van der Waals surface area contributed by atoms with Crippen molar-refractivity contribution >= 4 is 5.91 Å². The fraction of sp³-hybridized carbons (Fsp3) is 0.429. The summed E-state index contributed by atoms with van der Waals surface area (Å²) in [7, 11) is 0. The number of amides is 1. The van der Waals surface area contributed by atoms with E-state index in [1.807, 2.05) is 19.1 Å². The van der Waals surface area contributed by atoms with Crippen LogP contribution in [0.3, 0.4) is 0 Å². The summed E-state index contributed by atoms with van der Waals surface area (Å²) in [5.41, 5.74) is 6.82. The third kappa shape index (κ3) is 2.78. The number of benzene rings is 1. The van der Waals surface area contributed by atoms with Gasteiger partial charge in [-0.3, -0.25) is 4.79 Å². The van der Waals surface area contributed by atoms with Gasteiger partial charge in [0, 0.05) is 12.1 Å². The summed E-state index contributed by atoms with van der Waals surface area (Å²) in [5, 5.41) is 14.1. The van der Waals surface area contributed by atoms with E-state index in [9.17, 15) is 4.79 Å². The maximum atomic E-state index is 12.4. The molecule has 1 saturated carbocycles. The van der Waals surface area contributed by atoms with Crippen molar-refractivity contribution in [2.24, 2.45) is 11.7 Å². The SMILES string of the molecule is CC(CN)(NC(=O)c1cccc(-n2cnnn2)c1)C1CC1. The maximum absolute atomic E-state index is 12.4. The van der Waals surface area contributed by atoms with E-state index in [1.165, 1.54) is 11.0 Å². The molecule has 0 saturated heterocycles. The summed E-state index contributed by atoms with van der Waals surface area (Å²) >= 11 is 0. The van der Waals surface area contributed by atoms with E-state index < -0.39 is 0 Å². The van der Waals surface area contributed by atoms with Crippen LogP contribution < -0.4 is 11.1 Å². The van der Waals surface area contributed by atoms with Gasteiger partial charge in [0.1, 0.15) is 6.33 Å². The molecule has 0 bridgehead atoms. The molecule has 0 aliphatic heterocycles. The normalized spacial score (nSPS) is 17.2. The maximum Gasteiger partial charge on any atom is 0.251 e. The number of carbonyl (C=O) groups excluding carboxylic acids is 1. The second-order valence-corrected chi connectivity index (χ2v) is 5.65. The fourth-order valence-corrected chi connectivity index (χ4v) is 2.44. The fourth-order valence-electron chi connectivity index (χ4n) is 2.44. The molecule has 7 nitrogen and oxygen atoms in total. The Kier molecular flexibility index (Phi) is 3.42. The number of aromatic nitrogens is 4. The zero-order valence-electron chi connectivity index (χ0n) is 11.9. The summed E-state index contributed by atoms with van der Waals surface area (Å²) in [5.74, 6) is 0.360. The van der Waals surface area contributed by atoms with Gasteiger partial charge in [-0.1, -0.05) is 6.07 Å². The molecule has 1 aromatic heterocycles. The largest absolute Gasteiger partial charge is 0.345 e. The van der Waals surface area contributed by atoms with Gasteiger partial charge in [-0.15, -0.1) is 5.10 Å². The molecule has 1 unspecified atom stereocenters. The van der Waals surface area contributed by atoms with Crippen molar-refractivity contribution in [1.29, 1.82) is 0 Å². The molecule has 0 radical (unpaired) electrons. The third-order valence-electron chi connectivity index (χ3n) is 4.02. The lowest BCUT2D eigenvalue weighted by Gasteiger charge is -2.29. The smallest absolute Gasteiger partial charge is 0.251 e. The van der Waals surface area contributed by atoms with Gasteiger partial charge in [0.05, 0.1) is 11.2 Å². The van der Waals surface area contributed by atoms with E-state index in [0.717, 1.165) is 18.5 Å². The average Bonchev–Trinajstić information content (AvgIpc) is 3.23. The second kappa shape index (κ2) is 5.25. The number of hydrogen-bond donors (Lipinski definition) is 2. The number of rotatable bonds is 5. The number of tetrazole rings is 1. The lowest BCUT2D eigenvalue weighted by atomic mass is 9.95. The summed E-state index contributed by atoms with van der Waals surface area (Å²) in [6, 6.07) is 7.18. The molecule has 7 heteroatoms. The molecule has 1 aromatic carbocycles. The summed E-state index contributed by atoms with van der Waals surface area (Å²) < 4.78 is 1.51. The van der Waals surface area contributed by atoms with E-state index in [1.54, 1.807) is 12.1 Å². The van der Waals surface area contributed by atoms with Crippen molar-refractivity contribution in [2.75, 3.05) is 6.54 Å². The van der Waals surface area contributed by atoms with Gasteiger partial charge in [-0.05, 0) is 54.3 Å². The van der Waals surface area contributed by atoms with E-state index in [4.69, 9.17) is 5.73 Å². The van der Waals surface area contributed by atoms with Crippen LogP contribution in [0.5, 0.6) is 0 Å². The van der Waals surface area contributed by atoms with Crippen LogP contribution in [0.4, 0.5) is 0 Å². The molecule has 1 aliphatic carbocycles. The quantitative estimate of drug-likeness (QED) is 0.835. The Labute approximate surface area is 122 Å². The van der Waals surface area contributed by atoms with Crippen LogP contribution in [0.15, 0.2) is 30.6 Å². The van der Waals surface area contributed by atoms with Gasteiger partial charge in [0.25, 0.3) is 5.91 Å². The minimum atomic E-state index is -0.331. The highest BCUT2D eigenvalue weighted by molar-refractivity contribution is 5.95. The molecule has 3 N–H and O–H groups in total. The Hall–Kier alpha value is -2.28. The first-order valence-corrected chi connectivity index (χ1v) is 6.98. The first kappa shape index (κ1) is 13.7. The van der Waals surface area contributed by atoms with Crippen LogP contribution in [0.25, 0.3) is 5.69 Å². The van der Waals surface area contributed by atoms with Crippen LogP contribution in [0.1, 0.15) is 30.1 Å². The molecular weight excluding hydrogens is 268 g/mol. The summed E-state index contributed by atoms with van der Waals surface area (Å²) in [6.07, 6.45) is 3.74. The van der Waals surface area contributed by atoms with Crippen molar-refractivity contribution in [3.8, 4) is 5.69 Å². The minimum Gasteiger partial charge on any atom is -0.345 e. The Bertz CT molecular complexity index is 637. The zero-order chi connectivity index (χ0) is 14.9. The second-order valence-electron chi connectivity index (χ2n) is 5.65. The standard InChI is InChI=1S/C14H18N6O/c1-14(8-15,11-5-6-11)17-13(21)10-3-2-4-12(7-10)20-9-16-18-19-20/h2-4,7,9,11H,5-6,8,15H2,1H3,(H,17,21). The molecule has 1 aliphatic rings. The van der Waals surface area contributed by atoms with Crippen LogP contribution in [-0.2, 0) is 0 Å². The average molecular weight is 286 g/mol. The van der Waals surface area contributed by atoms with Gasteiger partial charge in [-0.25, -0.2) is 4.68 Å². The molecule has 1 atom stereocenters. The lowest BCUT2D eigenvalue weighted by Crippen LogP contribution is -2.53. The van der Waals surface area contributed by atoms with Crippen LogP contribution in [0.2, 0.25) is 0 Å². The van der Waals surface area contributed by atoms with Gasteiger partial charge < -0.3 is 11.1 Å². The van der Waals surface area contributed by atoms with Crippen molar-refractivity contribution in [1.82, 2.24) is 25.5 Å². The van der Waals surface area contributed by atoms with Crippen LogP contribution >= 0.6 is 0 Å². The molecule has 0 spiro atoms. The lowest BCUT2D eigenvalue weighted by molar-refractivity contribution is 0.0898.